The fourth-order valence-corrected chi connectivity index (χ4v) is 8.84. The van der Waals surface area contributed by atoms with Gasteiger partial charge in [0.05, 0.1) is 6.61 Å². The van der Waals surface area contributed by atoms with Gasteiger partial charge in [-0.15, -0.1) is 0 Å². The molecule has 12 heteroatoms. The summed E-state index contributed by atoms with van der Waals surface area (Å²) in [4.78, 5) is 51.2. The summed E-state index contributed by atoms with van der Waals surface area (Å²) >= 11 is 0. The normalized spacial score (nSPS) is 18.5. The summed E-state index contributed by atoms with van der Waals surface area (Å²) in [5.41, 5.74) is 0. The first-order valence-electron chi connectivity index (χ1n) is 31.2. The lowest BCUT2D eigenvalue weighted by Crippen LogP contribution is -2.61. The number of hydrogen-bond acceptors (Lipinski definition) is 11. The highest BCUT2D eigenvalue weighted by Gasteiger charge is 2.50. The minimum atomic E-state index is -1.92. The maximum atomic E-state index is 13.2. The predicted molar refractivity (Wildman–Crippen MR) is 321 cm³/mol. The zero-order valence-corrected chi connectivity index (χ0v) is 49.6. The van der Waals surface area contributed by atoms with E-state index in [1.54, 1.807) is 0 Å². The van der Waals surface area contributed by atoms with Gasteiger partial charge in [0.1, 0.15) is 18.8 Å². The Bertz CT molecular complexity index is 1740. The lowest BCUT2D eigenvalue weighted by atomic mass is 9.98. The summed E-state index contributed by atoms with van der Waals surface area (Å²) in [5.74, 6) is -3.17. The molecule has 6 unspecified atom stereocenters. The van der Waals surface area contributed by atoms with Crippen molar-refractivity contribution in [2.24, 2.45) is 0 Å². The van der Waals surface area contributed by atoms with Crippen molar-refractivity contribution in [2.75, 3.05) is 13.2 Å². The highest BCUT2D eigenvalue weighted by molar-refractivity contribution is 5.74. The van der Waals surface area contributed by atoms with Crippen molar-refractivity contribution < 1.29 is 58.2 Å². The smallest absolute Gasteiger partial charge is 0.335 e. The molecule has 0 saturated carbocycles. The molecule has 0 aromatic carbocycles. The molecule has 0 spiro atoms. The van der Waals surface area contributed by atoms with Crippen molar-refractivity contribution in [2.45, 2.75) is 289 Å². The van der Waals surface area contributed by atoms with Crippen LogP contribution in [0.25, 0.3) is 0 Å². The van der Waals surface area contributed by atoms with Crippen LogP contribution in [0.1, 0.15) is 252 Å². The molecule has 3 N–H and O–H groups in total. The second kappa shape index (κ2) is 54.2. The summed E-state index contributed by atoms with van der Waals surface area (Å²) in [6.07, 6.45) is 59.4. The summed E-state index contributed by atoms with van der Waals surface area (Å²) < 4.78 is 28.5. The first-order valence-corrected chi connectivity index (χ1v) is 31.2. The van der Waals surface area contributed by atoms with E-state index < -0.39 is 67.3 Å². The first-order chi connectivity index (χ1) is 38.6. The van der Waals surface area contributed by atoms with Crippen molar-refractivity contribution in [3.63, 3.8) is 0 Å². The highest BCUT2D eigenvalue weighted by Crippen LogP contribution is 2.26. The molecule has 0 bridgehead atoms. The van der Waals surface area contributed by atoms with E-state index in [9.17, 15) is 34.5 Å². The molecule has 1 saturated heterocycles. The summed E-state index contributed by atoms with van der Waals surface area (Å²) in [6.45, 7) is 5.77. The van der Waals surface area contributed by atoms with E-state index in [-0.39, 0.29) is 25.9 Å². The number of carboxylic acid groups (broad SMARTS) is 1. The minimum Gasteiger partial charge on any atom is -0.479 e. The number of aliphatic hydroxyl groups excluding tert-OH is 2. The Morgan fingerprint density at radius 2 is 0.823 bits per heavy atom. The van der Waals surface area contributed by atoms with Crippen LogP contribution in [0.2, 0.25) is 0 Å². The highest BCUT2D eigenvalue weighted by atomic mass is 16.7. The monoisotopic (exact) mass is 1110 g/mol. The van der Waals surface area contributed by atoms with Gasteiger partial charge in [-0.3, -0.25) is 14.4 Å². The van der Waals surface area contributed by atoms with Crippen LogP contribution >= 0.6 is 0 Å². The van der Waals surface area contributed by atoms with E-state index in [1.165, 1.54) is 25.7 Å². The predicted octanol–water partition coefficient (Wildman–Crippen LogP) is 16.5. The van der Waals surface area contributed by atoms with Crippen molar-refractivity contribution in [1.29, 1.82) is 0 Å². The third kappa shape index (κ3) is 44.0. The van der Waals surface area contributed by atoms with Crippen LogP contribution in [0, 0.1) is 0 Å². The molecule has 1 fully saturated rings. The van der Waals surface area contributed by atoms with Crippen LogP contribution < -0.4 is 0 Å². The van der Waals surface area contributed by atoms with Gasteiger partial charge in [-0.2, -0.15) is 0 Å². The number of allylic oxidation sites excluding steroid dienone is 16. The second-order valence-electron chi connectivity index (χ2n) is 20.9. The summed E-state index contributed by atoms with van der Waals surface area (Å²) in [7, 11) is 0. The van der Waals surface area contributed by atoms with Gasteiger partial charge in [0.2, 0.25) is 0 Å². The molecule has 0 radical (unpaired) electrons. The Kier molecular flexibility index (Phi) is 49.9. The SMILES string of the molecule is CC/C=C\C/C=C\C/C=C\CCCCCCCCCC(=O)OC(COC(=O)CCCCCCCC/C=C\C/C=C\C/C=C\CCCCC)COC1OC(C(=O)O)C(O)C(O)C1OC(=O)CCCCCCC/C=C\C/C=C\CCC. The minimum absolute atomic E-state index is 0.0379. The van der Waals surface area contributed by atoms with Crippen molar-refractivity contribution in [3.05, 3.63) is 97.2 Å². The largest absolute Gasteiger partial charge is 0.479 e. The molecule has 0 aromatic heterocycles. The summed E-state index contributed by atoms with van der Waals surface area (Å²) in [5, 5.41) is 31.5. The molecule has 6 atom stereocenters. The Balaban J connectivity index is 2.69. The van der Waals surface area contributed by atoms with Gasteiger partial charge in [0.15, 0.2) is 24.6 Å². The maximum Gasteiger partial charge on any atom is 0.335 e. The van der Waals surface area contributed by atoms with Crippen LogP contribution in [-0.2, 0) is 42.9 Å². The molecular formula is C67H110O12. The van der Waals surface area contributed by atoms with Crippen LogP contribution in [0.3, 0.4) is 0 Å². The molecule has 12 nitrogen and oxygen atoms in total. The Hall–Kier alpha value is -4.36. The van der Waals surface area contributed by atoms with Gasteiger partial charge in [-0.1, -0.05) is 214 Å². The third-order valence-corrected chi connectivity index (χ3v) is 13.6. The fourth-order valence-electron chi connectivity index (χ4n) is 8.84. The van der Waals surface area contributed by atoms with E-state index in [0.29, 0.717) is 19.3 Å². The number of hydrogen-bond donors (Lipinski definition) is 3. The van der Waals surface area contributed by atoms with Gasteiger partial charge in [-0.25, -0.2) is 4.79 Å². The van der Waals surface area contributed by atoms with E-state index in [2.05, 4.69) is 118 Å². The van der Waals surface area contributed by atoms with Crippen LogP contribution in [-0.4, -0.2) is 89.2 Å². The quantitative estimate of drug-likeness (QED) is 0.0228. The molecule has 1 aliphatic rings. The number of carbonyl (C=O) groups is 4. The number of carboxylic acids is 1. The van der Waals surface area contributed by atoms with Gasteiger partial charge < -0.3 is 39.0 Å². The molecule has 79 heavy (non-hydrogen) atoms. The van der Waals surface area contributed by atoms with Crippen molar-refractivity contribution in [1.82, 2.24) is 0 Å². The van der Waals surface area contributed by atoms with Crippen LogP contribution in [0.15, 0.2) is 97.2 Å². The molecule has 450 valence electrons. The lowest BCUT2D eigenvalue weighted by Gasteiger charge is -2.40. The van der Waals surface area contributed by atoms with Crippen molar-refractivity contribution >= 4 is 23.9 Å². The van der Waals surface area contributed by atoms with E-state index in [0.717, 1.165) is 167 Å². The molecule has 1 aliphatic heterocycles. The number of aliphatic carboxylic acids is 1. The van der Waals surface area contributed by atoms with Gasteiger partial charge in [0, 0.05) is 19.3 Å². The maximum absolute atomic E-state index is 13.2. The zero-order chi connectivity index (χ0) is 57.5. The molecule has 0 aliphatic carbocycles. The number of ether oxygens (including phenoxy) is 5. The molecule has 1 heterocycles. The first kappa shape index (κ1) is 72.7. The standard InChI is InChI=1S/C67H110O12/c1-4-7-10-13-16-19-22-25-27-29-30-32-33-36-38-41-44-47-50-53-59(68)75-56-58(77-60(69)54-51-48-45-42-40-37-34-31-28-26-23-20-17-14-11-8-5-2)57-76-67-65(63(72)62(71)64(79-67)66(73)74)78-61(70)55-52-49-46-43-39-35-24-21-18-15-12-9-6-3/h8,11-12,15-17,19-21,24-28,30,32,58,62-65,67,71-72H,4-7,9-10,13-14,18,22-23,29,31,33-57H2,1-3H3,(H,73,74)/b11-8-,15-12-,19-16-,20-17-,24-21-,27-25-,28-26-,32-30-. The number of carbonyl (C=O) groups excluding carboxylic acids is 3. The van der Waals surface area contributed by atoms with Crippen LogP contribution in [0.5, 0.6) is 0 Å². The van der Waals surface area contributed by atoms with Gasteiger partial charge >= 0.3 is 23.9 Å². The lowest BCUT2D eigenvalue weighted by molar-refractivity contribution is -0.301. The van der Waals surface area contributed by atoms with Gasteiger partial charge in [-0.05, 0) is 116 Å². The topological polar surface area (TPSA) is 175 Å². The van der Waals surface area contributed by atoms with Crippen LogP contribution in [0.4, 0.5) is 0 Å². The Morgan fingerprint density at radius 3 is 1.27 bits per heavy atom. The number of aliphatic hydroxyl groups is 2. The number of rotatable bonds is 52. The third-order valence-electron chi connectivity index (χ3n) is 13.6. The Morgan fingerprint density at radius 1 is 0.430 bits per heavy atom. The zero-order valence-electron chi connectivity index (χ0n) is 49.6. The van der Waals surface area contributed by atoms with E-state index in [1.807, 2.05) is 0 Å². The van der Waals surface area contributed by atoms with E-state index >= 15 is 0 Å². The second-order valence-corrected chi connectivity index (χ2v) is 20.9. The molecule has 1 rings (SSSR count). The Labute approximate surface area is 479 Å². The number of unbranched alkanes of at least 4 members (excludes halogenated alkanes) is 22. The van der Waals surface area contributed by atoms with E-state index in [4.69, 9.17) is 23.7 Å². The number of esters is 3. The van der Waals surface area contributed by atoms with Gasteiger partial charge in [0.25, 0.3) is 0 Å². The van der Waals surface area contributed by atoms with Crippen molar-refractivity contribution in [3.8, 4) is 0 Å². The summed E-state index contributed by atoms with van der Waals surface area (Å²) in [6, 6.07) is 0. The average Bonchev–Trinajstić information content (AvgIpc) is 3.46. The molecule has 0 aromatic rings. The average molecular weight is 1110 g/mol. The molecular weight excluding hydrogens is 997 g/mol. The fraction of sp³-hybridized carbons (Fsp3) is 0.701. The molecule has 0 amide bonds.